The van der Waals surface area contributed by atoms with E-state index >= 15 is 0 Å². The van der Waals surface area contributed by atoms with Gasteiger partial charge < -0.3 is 10.6 Å². The van der Waals surface area contributed by atoms with Crippen LogP contribution in [0.2, 0.25) is 0 Å². The molecule has 0 aliphatic carbocycles. The van der Waals surface area contributed by atoms with Gasteiger partial charge in [-0.1, -0.05) is 0 Å². The lowest BCUT2D eigenvalue weighted by Crippen LogP contribution is -2.42. The average molecular weight is 186 g/mol. The Morgan fingerprint density at radius 3 is 1.85 bits per heavy atom. The van der Waals surface area contributed by atoms with Gasteiger partial charge in [-0.05, 0) is 54.5 Å². The van der Waals surface area contributed by atoms with Crippen LogP contribution in [0.5, 0.6) is 0 Å². The maximum Gasteiger partial charge on any atom is 0.00989 e. The van der Waals surface area contributed by atoms with E-state index in [4.69, 9.17) is 0 Å². The van der Waals surface area contributed by atoms with Crippen LogP contribution in [0.1, 0.15) is 47.5 Å². The summed E-state index contributed by atoms with van der Waals surface area (Å²) in [5.41, 5.74) is 0.238. The highest BCUT2D eigenvalue weighted by molar-refractivity contribution is 4.76. The van der Waals surface area contributed by atoms with Gasteiger partial charge in [0.2, 0.25) is 0 Å². The Morgan fingerprint density at radius 1 is 1.00 bits per heavy atom. The van der Waals surface area contributed by atoms with E-state index in [9.17, 15) is 0 Å². The van der Waals surface area contributed by atoms with E-state index in [1.807, 2.05) is 7.05 Å². The van der Waals surface area contributed by atoms with Crippen molar-refractivity contribution in [2.24, 2.45) is 0 Å². The molecule has 0 saturated heterocycles. The second-order valence-corrected chi connectivity index (χ2v) is 5.06. The molecule has 0 bridgehead atoms. The highest BCUT2D eigenvalue weighted by Crippen LogP contribution is 2.06. The van der Waals surface area contributed by atoms with Crippen LogP contribution in [-0.4, -0.2) is 24.7 Å². The zero-order valence-electron chi connectivity index (χ0n) is 10.1. The van der Waals surface area contributed by atoms with Gasteiger partial charge in [0, 0.05) is 17.6 Å². The molecule has 2 N–H and O–H groups in total. The third-order valence-electron chi connectivity index (χ3n) is 2.20. The molecule has 0 aromatic rings. The van der Waals surface area contributed by atoms with Gasteiger partial charge in [-0.25, -0.2) is 0 Å². The van der Waals surface area contributed by atoms with E-state index < -0.39 is 0 Å². The predicted octanol–water partition coefficient (Wildman–Crippen LogP) is 2.15. The van der Waals surface area contributed by atoms with Gasteiger partial charge >= 0.3 is 0 Å². The van der Waals surface area contributed by atoms with Crippen LogP contribution in [0, 0.1) is 0 Å². The predicted molar refractivity (Wildman–Crippen MR) is 60.1 cm³/mol. The molecule has 0 aromatic carbocycles. The highest BCUT2D eigenvalue weighted by atomic mass is 15.0. The van der Waals surface area contributed by atoms with Crippen molar-refractivity contribution in [2.75, 3.05) is 7.05 Å². The van der Waals surface area contributed by atoms with Crippen molar-refractivity contribution in [1.29, 1.82) is 0 Å². The van der Waals surface area contributed by atoms with Crippen molar-refractivity contribution < 1.29 is 0 Å². The second kappa shape index (κ2) is 5.61. The summed E-state index contributed by atoms with van der Waals surface area (Å²) in [6, 6.07) is 1.24. The van der Waals surface area contributed by atoms with Crippen LogP contribution in [0.3, 0.4) is 0 Å². The summed E-state index contributed by atoms with van der Waals surface area (Å²) in [5.74, 6) is 0. The molecule has 0 aliphatic heterocycles. The van der Waals surface area contributed by atoms with Crippen molar-refractivity contribution in [3.05, 3.63) is 0 Å². The number of hydrogen-bond donors (Lipinski definition) is 2. The topological polar surface area (TPSA) is 24.1 Å². The van der Waals surface area contributed by atoms with Crippen LogP contribution >= 0.6 is 0 Å². The SMILES string of the molecule is CNC(C)CCC(C)NC(C)(C)C. The minimum atomic E-state index is 0.238. The molecule has 2 atom stereocenters. The van der Waals surface area contributed by atoms with Crippen LogP contribution in [0.15, 0.2) is 0 Å². The van der Waals surface area contributed by atoms with Crippen LogP contribution in [0.25, 0.3) is 0 Å². The van der Waals surface area contributed by atoms with Crippen molar-refractivity contribution in [3.63, 3.8) is 0 Å². The molecule has 0 radical (unpaired) electrons. The normalized spacial score (nSPS) is 17.1. The second-order valence-electron chi connectivity index (χ2n) is 5.06. The fraction of sp³-hybridized carbons (Fsp3) is 1.00. The van der Waals surface area contributed by atoms with Crippen LogP contribution in [-0.2, 0) is 0 Å². The summed E-state index contributed by atoms with van der Waals surface area (Å²) < 4.78 is 0. The number of hydrogen-bond acceptors (Lipinski definition) is 2. The molecular weight excluding hydrogens is 160 g/mol. The van der Waals surface area contributed by atoms with Crippen molar-refractivity contribution in [1.82, 2.24) is 10.6 Å². The summed E-state index contributed by atoms with van der Waals surface area (Å²) in [5, 5.41) is 6.83. The van der Waals surface area contributed by atoms with E-state index in [-0.39, 0.29) is 5.54 Å². The van der Waals surface area contributed by atoms with Gasteiger partial charge in [0.15, 0.2) is 0 Å². The van der Waals surface area contributed by atoms with Crippen LogP contribution < -0.4 is 10.6 Å². The zero-order valence-corrected chi connectivity index (χ0v) is 10.1. The van der Waals surface area contributed by atoms with E-state index in [1.165, 1.54) is 12.8 Å². The van der Waals surface area contributed by atoms with Crippen LogP contribution in [0.4, 0.5) is 0 Å². The first kappa shape index (κ1) is 12.9. The van der Waals surface area contributed by atoms with Crippen molar-refractivity contribution in [2.45, 2.75) is 65.1 Å². The quantitative estimate of drug-likeness (QED) is 0.687. The van der Waals surface area contributed by atoms with Crippen molar-refractivity contribution in [3.8, 4) is 0 Å². The maximum absolute atomic E-state index is 3.57. The lowest BCUT2D eigenvalue weighted by molar-refractivity contribution is 0.346. The molecule has 0 aromatic heterocycles. The Kier molecular flexibility index (Phi) is 5.57. The van der Waals surface area contributed by atoms with Crippen molar-refractivity contribution >= 4 is 0 Å². The molecule has 2 heteroatoms. The van der Waals surface area contributed by atoms with Gasteiger partial charge in [0.1, 0.15) is 0 Å². The molecular formula is C11H26N2. The molecule has 0 saturated carbocycles. The molecule has 0 spiro atoms. The minimum Gasteiger partial charge on any atom is -0.317 e. The third-order valence-corrected chi connectivity index (χ3v) is 2.20. The maximum atomic E-state index is 3.57. The first-order valence-corrected chi connectivity index (χ1v) is 5.30. The van der Waals surface area contributed by atoms with E-state index in [0.29, 0.717) is 12.1 Å². The Bertz CT molecular complexity index is 127. The minimum absolute atomic E-state index is 0.238. The van der Waals surface area contributed by atoms with E-state index in [2.05, 4.69) is 45.3 Å². The lowest BCUT2D eigenvalue weighted by Gasteiger charge is -2.26. The molecule has 13 heavy (non-hydrogen) atoms. The molecule has 2 nitrogen and oxygen atoms in total. The molecule has 2 unspecified atom stereocenters. The summed E-state index contributed by atoms with van der Waals surface area (Å²) >= 11 is 0. The Hall–Kier alpha value is -0.0800. The standard InChI is InChI=1S/C11H26N2/c1-9(12-6)7-8-10(2)13-11(3,4)5/h9-10,12-13H,7-8H2,1-6H3. The number of nitrogens with one attached hydrogen (secondary N) is 2. The van der Waals surface area contributed by atoms with Gasteiger partial charge in [-0.2, -0.15) is 0 Å². The lowest BCUT2D eigenvalue weighted by atomic mass is 10.0. The van der Waals surface area contributed by atoms with E-state index in [1.54, 1.807) is 0 Å². The summed E-state index contributed by atoms with van der Waals surface area (Å²) in [4.78, 5) is 0. The smallest absolute Gasteiger partial charge is 0.00989 e. The first-order valence-electron chi connectivity index (χ1n) is 5.30. The average Bonchev–Trinajstić information content (AvgIpc) is 1.97. The zero-order chi connectivity index (χ0) is 10.5. The first-order chi connectivity index (χ1) is 5.85. The molecule has 80 valence electrons. The van der Waals surface area contributed by atoms with Gasteiger partial charge in [-0.3, -0.25) is 0 Å². The molecule has 0 amide bonds. The fourth-order valence-corrected chi connectivity index (χ4v) is 1.46. The third kappa shape index (κ3) is 8.26. The number of rotatable bonds is 5. The monoisotopic (exact) mass is 186 g/mol. The van der Waals surface area contributed by atoms with Gasteiger partial charge in [-0.15, -0.1) is 0 Å². The Balaban J connectivity index is 3.57. The van der Waals surface area contributed by atoms with Gasteiger partial charge in [0.25, 0.3) is 0 Å². The Morgan fingerprint density at radius 2 is 1.46 bits per heavy atom. The highest BCUT2D eigenvalue weighted by Gasteiger charge is 2.13. The molecule has 0 aliphatic rings. The largest absolute Gasteiger partial charge is 0.317 e. The molecule has 0 rings (SSSR count). The van der Waals surface area contributed by atoms with Gasteiger partial charge in [0.05, 0.1) is 0 Å². The summed E-state index contributed by atoms with van der Waals surface area (Å²) in [6.45, 7) is 11.1. The molecule has 0 fully saturated rings. The summed E-state index contributed by atoms with van der Waals surface area (Å²) in [6.07, 6.45) is 2.47. The van der Waals surface area contributed by atoms with E-state index in [0.717, 1.165) is 0 Å². The molecule has 0 heterocycles. The summed E-state index contributed by atoms with van der Waals surface area (Å²) in [7, 11) is 2.02. The Labute approximate surface area is 83.5 Å². The fourth-order valence-electron chi connectivity index (χ4n) is 1.46.